The van der Waals surface area contributed by atoms with Crippen molar-refractivity contribution >= 4 is 11.8 Å². The van der Waals surface area contributed by atoms with Crippen LogP contribution in [0.15, 0.2) is 0 Å². The monoisotopic (exact) mass is 497 g/mol. The van der Waals surface area contributed by atoms with Gasteiger partial charge in [-0.2, -0.15) is 0 Å². The molecular weight excluding hydrogens is 438 g/mol. The number of ketones is 1. The highest BCUT2D eigenvalue weighted by Crippen LogP contribution is 2.56. The molecule has 3 unspecified atom stereocenters. The number of nitrogens with two attached hydrogens (primary N) is 1. The van der Waals surface area contributed by atoms with Crippen molar-refractivity contribution in [2.45, 2.75) is 135 Å². The zero-order valence-corrected chi connectivity index (χ0v) is 25.9. The molecular formula is C30H59NO4. The van der Waals surface area contributed by atoms with Crippen LogP contribution in [0, 0.1) is 33.0 Å². The molecule has 1 aliphatic rings. The lowest BCUT2D eigenvalue weighted by Crippen LogP contribution is -2.49. The first-order chi connectivity index (χ1) is 15.3. The van der Waals surface area contributed by atoms with E-state index in [4.69, 9.17) is 15.2 Å². The lowest BCUT2D eigenvalue weighted by atomic mass is 9.51. The molecule has 35 heavy (non-hydrogen) atoms. The van der Waals surface area contributed by atoms with Crippen LogP contribution in [0.4, 0.5) is 0 Å². The molecule has 1 heterocycles. The molecule has 208 valence electrons. The molecule has 0 bridgehead atoms. The Labute approximate surface area is 217 Å². The van der Waals surface area contributed by atoms with Crippen LogP contribution < -0.4 is 5.73 Å². The molecule has 0 aromatic rings. The first-order valence-corrected chi connectivity index (χ1v) is 13.3. The Morgan fingerprint density at radius 3 is 1.69 bits per heavy atom. The van der Waals surface area contributed by atoms with E-state index >= 15 is 0 Å². The number of ether oxygens (including phenoxy) is 2. The number of Topliss-reactive ketones (excluding diaryl/α,β-unsaturated/α-hetero) is 1. The molecule has 1 saturated heterocycles. The smallest absolute Gasteiger partial charge is 0.312 e. The number of carbonyl (C=O) groups is 2. The standard InChI is InChI=1S/C24H46O3.C6H13NO/c1-17(13-20(2,3)4)23(10,11)22(8,9)16-24(12,21(5,6)7)19(25)27-15-18-14-26-18;1-5(8)4-6(2,3)7/h17-18H,13-16H2,1-12H3;4,7H2,1-3H3. The maximum absolute atomic E-state index is 13.2. The number of rotatable bonds is 10. The van der Waals surface area contributed by atoms with Gasteiger partial charge in [-0.15, -0.1) is 0 Å². The minimum atomic E-state index is -0.551. The maximum Gasteiger partial charge on any atom is 0.312 e. The summed E-state index contributed by atoms with van der Waals surface area (Å²) in [6.07, 6.45) is 2.54. The van der Waals surface area contributed by atoms with E-state index in [1.807, 2.05) is 13.8 Å². The lowest BCUT2D eigenvalue weighted by molar-refractivity contribution is -0.168. The third-order valence-electron chi connectivity index (χ3n) is 8.30. The third kappa shape index (κ3) is 11.3. The van der Waals surface area contributed by atoms with Crippen molar-refractivity contribution in [3.8, 4) is 0 Å². The van der Waals surface area contributed by atoms with Crippen LogP contribution in [0.25, 0.3) is 0 Å². The zero-order valence-electron chi connectivity index (χ0n) is 25.9. The normalized spacial score (nSPS) is 19.7. The molecule has 3 atom stereocenters. The maximum atomic E-state index is 13.2. The number of hydrogen-bond donors (Lipinski definition) is 1. The van der Waals surface area contributed by atoms with Crippen molar-refractivity contribution in [3.05, 3.63) is 0 Å². The van der Waals surface area contributed by atoms with Gasteiger partial charge in [0.2, 0.25) is 0 Å². The van der Waals surface area contributed by atoms with Gasteiger partial charge in [-0.25, -0.2) is 0 Å². The molecule has 1 aliphatic heterocycles. The number of epoxide rings is 1. The molecule has 0 spiro atoms. The summed E-state index contributed by atoms with van der Waals surface area (Å²) in [4.78, 5) is 23.5. The topological polar surface area (TPSA) is 81.9 Å². The van der Waals surface area contributed by atoms with Gasteiger partial charge in [0, 0.05) is 12.0 Å². The van der Waals surface area contributed by atoms with E-state index < -0.39 is 5.41 Å². The molecule has 0 radical (unpaired) electrons. The van der Waals surface area contributed by atoms with Crippen LogP contribution in [0.5, 0.6) is 0 Å². The average molecular weight is 498 g/mol. The van der Waals surface area contributed by atoms with Crippen molar-refractivity contribution in [1.29, 1.82) is 0 Å². The summed E-state index contributed by atoms with van der Waals surface area (Å²) in [6.45, 7) is 33.6. The molecule has 2 N–H and O–H groups in total. The van der Waals surface area contributed by atoms with E-state index in [0.29, 0.717) is 31.0 Å². The zero-order chi connectivity index (χ0) is 28.3. The molecule has 0 aromatic carbocycles. The second-order valence-electron chi connectivity index (χ2n) is 15.5. The van der Waals surface area contributed by atoms with Gasteiger partial charge in [-0.3, -0.25) is 9.59 Å². The Morgan fingerprint density at radius 1 is 0.943 bits per heavy atom. The van der Waals surface area contributed by atoms with Crippen LogP contribution in [0.1, 0.15) is 123 Å². The van der Waals surface area contributed by atoms with Gasteiger partial charge in [-0.1, -0.05) is 76.2 Å². The third-order valence-corrected chi connectivity index (χ3v) is 8.30. The SMILES string of the molecule is CC(=O)CC(C)(C)N.CC(CC(C)(C)C)C(C)(C)C(C)(C)CC(C)(C(=O)OCC1CO1)C(C)(C)C. The van der Waals surface area contributed by atoms with Crippen molar-refractivity contribution in [1.82, 2.24) is 0 Å². The summed E-state index contributed by atoms with van der Waals surface area (Å²) >= 11 is 0. The average Bonchev–Trinajstić information content (AvgIpc) is 3.39. The van der Waals surface area contributed by atoms with Gasteiger partial charge in [-0.05, 0) is 68.1 Å². The summed E-state index contributed by atoms with van der Waals surface area (Å²) in [6, 6.07) is 0. The summed E-state index contributed by atoms with van der Waals surface area (Å²) in [7, 11) is 0. The van der Waals surface area contributed by atoms with Gasteiger partial charge >= 0.3 is 5.97 Å². The van der Waals surface area contributed by atoms with E-state index in [2.05, 4.69) is 83.1 Å². The fourth-order valence-corrected chi connectivity index (χ4v) is 4.73. The molecule has 0 saturated carbocycles. The minimum absolute atomic E-state index is 0.0191. The van der Waals surface area contributed by atoms with Crippen molar-refractivity contribution < 1.29 is 19.1 Å². The second-order valence-corrected chi connectivity index (χ2v) is 15.5. The Hall–Kier alpha value is -0.940. The Balaban J connectivity index is 0.00000124. The quantitative estimate of drug-likeness (QED) is 0.255. The fraction of sp³-hybridized carbons (Fsp3) is 0.933. The molecule has 1 rings (SSSR count). The van der Waals surface area contributed by atoms with Gasteiger partial charge in [0.05, 0.1) is 12.0 Å². The minimum Gasteiger partial charge on any atom is -0.462 e. The summed E-state index contributed by atoms with van der Waals surface area (Å²) < 4.78 is 10.9. The predicted molar refractivity (Wildman–Crippen MR) is 147 cm³/mol. The van der Waals surface area contributed by atoms with E-state index in [0.717, 1.165) is 6.42 Å². The summed E-state index contributed by atoms with van der Waals surface area (Å²) in [5.41, 5.74) is 4.82. The highest BCUT2D eigenvalue weighted by atomic mass is 16.6. The molecule has 0 aromatic heterocycles. The van der Waals surface area contributed by atoms with E-state index in [1.165, 1.54) is 6.42 Å². The van der Waals surface area contributed by atoms with Crippen LogP contribution in [-0.2, 0) is 19.1 Å². The van der Waals surface area contributed by atoms with Gasteiger partial charge in [0.15, 0.2) is 0 Å². The number of hydrogen-bond acceptors (Lipinski definition) is 5. The van der Waals surface area contributed by atoms with Gasteiger partial charge in [0.25, 0.3) is 0 Å². The lowest BCUT2D eigenvalue weighted by Gasteiger charge is -2.53. The molecule has 0 aliphatic carbocycles. The summed E-state index contributed by atoms with van der Waals surface area (Å²) in [5, 5.41) is 0. The van der Waals surface area contributed by atoms with Gasteiger partial charge < -0.3 is 15.2 Å². The first-order valence-electron chi connectivity index (χ1n) is 13.3. The highest BCUT2D eigenvalue weighted by Gasteiger charge is 2.53. The fourth-order valence-electron chi connectivity index (χ4n) is 4.73. The molecule has 1 fully saturated rings. The Morgan fingerprint density at radius 2 is 1.40 bits per heavy atom. The van der Waals surface area contributed by atoms with Crippen molar-refractivity contribution in [3.63, 3.8) is 0 Å². The van der Waals surface area contributed by atoms with E-state index in [1.54, 1.807) is 6.92 Å². The molecule has 5 heteroatoms. The van der Waals surface area contributed by atoms with E-state index in [9.17, 15) is 9.59 Å². The first kappa shape index (κ1) is 34.1. The molecule has 5 nitrogen and oxygen atoms in total. The van der Waals surface area contributed by atoms with Crippen molar-refractivity contribution in [2.75, 3.05) is 13.2 Å². The Kier molecular flexibility index (Phi) is 11.3. The van der Waals surface area contributed by atoms with Crippen LogP contribution in [0.2, 0.25) is 0 Å². The number of carbonyl (C=O) groups excluding carboxylic acids is 2. The van der Waals surface area contributed by atoms with Crippen molar-refractivity contribution in [2.24, 2.45) is 38.7 Å². The van der Waals surface area contributed by atoms with E-state index in [-0.39, 0.29) is 39.6 Å². The number of esters is 1. The van der Waals surface area contributed by atoms with Crippen LogP contribution >= 0.6 is 0 Å². The largest absolute Gasteiger partial charge is 0.462 e. The Bertz CT molecular complexity index is 699. The van der Waals surface area contributed by atoms with Gasteiger partial charge in [0.1, 0.15) is 18.5 Å². The highest BCUT2D eigenvalue weighted by molar-refractivity contribution is 5.77. The summed E-state index contributed by atoms with van der Waals surface area (Å²) in [5.74, 6) is 0.614. The predicted octanol–water partition coefficient (Wildman–Crippen LogP) is 7.20. The van der Waals surface area contributed by atoms with Crippen LogP contribution in [-0.4, -0.2) is 36.6 Å². The molecule has 0 amide bonds. The van der Waals surface area contributed by atoms with Crippen LogP contribution in [0.3, 0.4) is 0 Å². The second kappa shape index (κ2) is 11.6.